The van der Waals surface area contributed by atoms with E-state index in [-0.39, 0.29) is 0 Å². The van der Waals surface area contributed by atoms with Gasteiger partial charge in [-0.2, -0.15) is 0 Å². The quantitative estimate of drug-likeness (QED) is 0.608. The number of piperazine rings is 1. The number of anilines is 2. The van der Waals surface area contributed by atoms with E-state index in [1.807, 2.05) is 30.3 Å². The van der Waals surface area contributed by atoms with Crippen molar-refractivity contribution in [1.29, 1.82) is 0 Å². The summed E-state index contributed by atoms with van der Waals surface area (Å²) in [4.78, 5) is 9.51. The minimum atomic E-state index is 0.786. The van der Waals surface area contributed by atoms with E-state index >= 15 is 0 Å². The molecule has 3 aromatic rings. The Morgan fingerprint density at radius 1 is 0.917 bits per heavy atom. The van der Waals surface area contributed by atoms with E-state index in [0.717, 1.165) is 57.3 Å². The van der Waals surface area contributed by atoms with Crippen LogP contribution in [0, 0.1) is 6.92 Å². The molecule has 0 atom stereocenters. The summed E-state index contributed by atoms with van der Waals surface area (Å²) in [6.45, 7) is 5.82. The molecule has 0 radical (unpaired) electrons. The number of hydrogen-bond acceptors (Lipinski definition) is 4. The second-order valence-electron chi connectivity index (χ2n) is 5.96. The van der Waals surface area contributed by atoms with Crippen LogP contribution in [0.25, 0.3) is 10.2 Å². The standard InChI is InChI=1S/C18H17Cl2N3S/c1-12-6-7-14(20)17-16(12)21-18(24-17)23-10-8-22(9-11-23)15-5-3-2-4-13(15)19/h2-7H,8-11H2,1H3. The van der Waals surface area contributed by atoms with Crippen LogP contribution in [0.15, 0.2) is 36.4 Å². The molecule has 2 heterocycles. The average molecular weight is 378 g/mol. The minimum Gasteiger partial charge on any atom is -0.367 e. The molecule has 0 amide bonds. The van der Waals surface area contributed by atoms with Crippen molar-refractivity contribution in [2.45, 2.75) is 6.92 Å². The monoisotopic (exact) mass is 377 g/mol. The largest absolute Gasteiger partial charge is 0.367 e. The first-order chi connectivity index (χ1) is 11.6. The molecule has 0 N–H and O–H groups in total. The number of aryl methyl sites for hydroxylation is 1. The van der Waals surface area contributed by atoms with Crippen LogP contribution in [0.5, 0.6) is 0 Å². The molecule has 0 unspecified atom stereocenters. The van der Waals surface area contributed by atoms with E-state index in [2.05, 4.69) is 22.8 Å². The molecule has 6 heteroatoms. The van der Waals surface area contributed by atoms with Crippen molar-refractivity contribution >= 4 is 55.6 Å². The summed E-state index contributed by atoms with van der Waals surface area (Å²) < 4.78 is 1.08. The number of rotatable bonds is 2. The first-order valence-corrected chi connectivity index (χ1v) is 9.51. The summed E-state index contributed by atoms with van der Waals surface area (Å²) in [5.41, 5.74) is 3.31. The van der Waals surface area contributed by atoms with Gasteiger partial charge in [0.05, 0.1) is 25.9 Å². The highest BCUT2D eigenvalue weighted by Gasteiger charge is 2.22. The summed E-state index contributed by atoms with van der Waals surface area (Å²) >= 11 is 14.3. The third-order valence-electron chi connectivity index (χ3n) is 4.43. The van der Waals surface area contributed by atoms with E-state index in [1.165, 1.54) is 5.56 Å². The van der Waals surface area contributed by atoms with Gasteiger partial charge in [-0.1, -0.05) is 52.7 Å². The number of thiazole rings is 1. The molecule has 0 saturated carbocycles. The molecular weight excluding hydrogens is 361 g/mol. The summed E-state index contributed by atoms with van der Waals surface area (Å²) in [5, 5.41) is 2.66. The summed E-state index contributed by atoms with van der Waals surface area (Å²) in [6.07, 6.45) is 0. The molecule has 1 fully saturated rings. The molecule has 1 aromatic heterocycles. The molecule has 24 heavy (non-hydrogen) atoms. The molecule has 1 aliphatic rings. The van der Waals surface area contributed by atoms with Crippen LogP contribution in [-0.2, 0) is 0 Å². The fourth-order valence-corrected chi connectivity index (χ4v) is 4.70. The van der Waals surface area contributed by atoms with Crippen molar-refractivity contribution < 1.29 is 0 Å². The second kappa shape index (κ2) is 6.43. The van der Waals surface area contributed by atoms with Crippen molar-refractivity contribution in [1.82, 2.24) is 4.98 Å². The Bertz CT molecular complexity index is 846. The Labute approximate surface area is 155 Å². The summed E-state index contributed by atoms with van der Waals surface area (Å²) in [5.74, 6) is 0. The molecule has 4 rings (SSSR count). The number of halogens is 2. The zero-order chi connectivity index (χ0) is 16.7. The molecular formula is C18H17Cl2N3S. The zero-order valence-electron chi connectivity index (χ0n) is 13.3. The summed E-state index contributed by atoms with van der Waals surface area (Å²) in [6, 6.07) is 12.0. The summed E-state index contributed by atoms with van der Waals surface area (Å²) in [7, 11) is 0. The number of fused-ring (bicyclic) bond motifs is 1. The van der Waals surface area contributed by atoms with E-state index in [1.54, 1.807) is 11.3 Å². The van der Waals surface area contributed by atoms with E-state index in [0.29, 0.717) is 0 Å². The third kappa shape index (κ3) is 2.83. The molecule has 1 aliphatic heterocycles. The lowest BCUT2D eigenvalue weighted by Gasteiger charge is -2.36. The fourth-order valence-electron chi connectivity index (χ4n) is 3.07. The SMILES string of the molecule is Cc1ccc(Cl)c2sc(N3CCN(c4ccccc4Cl)CC3)nc12. The Morgan fingerprint density at radius 2 is 1.62 bits per heavy atom. The topological polar surface area (TPSA) is 19.4 Å². The predicted molar refractivity (Wildman–Crippen MR) is 105 cm³/mol. The molecule has 0 aliphatic carbocycles. The van der Waals surface area contributed by atoms with Gasteiger partial charge in [0.1, 0.15) is 0 Å². The normalized spacial score (nSPS) is 15.3. The number of benzene rings is 2. The maximum Gasteiger partial charge on any atom is 0.186 e. The van der Waals surface area contributed by atoms with Gasteiger partial charge in [0.25, 0.3) is 0 Å². The van der Waals surface area contributed by atoms with Crippen molar-refractivity contribution in [2.75, 3.05) is 36.0 Å². The Kier molecular flexibility index (Phi) is 4.29. The van der Waals surface area contributed by atoms with Gasteiger partial charge in [0.2, 0.25) is 0 Å². The predicted octanol–water partition coefficient (Wildman–Crippen LogP) is 5.24. The van der Waals surface area contributed by atoms with Crippen LogP contribution in [0.4, 0.5) is 10.8 Å². The second-order valence-corrected chi connectivity index (χ2v) is 7.76. The Balaban J connectivity index is 1.55. The van der Waals surface area contributed by atoms with Gasteiger partial charge in [-0.15, -0.1) is 0 Å². The van der Waals surface area contributed by atoms with Gasteiger partial charge in [0, 0.05) is 26.2 Å². The number of nitrogens with zero attached hydrogens (tertiary/aromatic N) is 3. The van der Waals surface area contributed by atoms with E-state index in [9.17, 15) is 0 Å². The van der Waals surface area contributed by atoms with E-state index in [4.69, 9.17) is 28.2 Å². The molecule has 2 aromatic carbocycles. The van der Waals surface area contributed by atoms with Crippen LogP contribution >= 0.6 is 34.5 Å². The molecule has 1 saturated heterocycles. The number of aromatic nitrogens is 1. The number of hydrogen-bond donors (Lipinski definition) is 0. The van der Waals surface area contributed by atoms with Crippen LogP contribution in [0.3, 0.4) is 0 Å². The lowest BCUT2D eigenvalue weighted by Crippen LogP contribution is -2.46. The van der Waals surface area contributed by atoms with Crippen LogP contribution in [0.1, 0.15) is 5.56 Å². The lowest BCUT2D eigenvalue weighted by atomic mass is 10.2. The van der Waals surface area contributed by atoms with Gasteiger partial charge < -0.3 is 9.80 Å². The van der Waals surface area contributed by atoms with Gasteiger partial charge in [0.15, 0.2) is 5.13 Å². The van der Waals surface area contributed by atoms with Crippen molar-refractivity contribution in [3.8, 4) is 0 Å². The first-order valence-electron chi connectivity index (χ1n) is 7.93. The van der Waals surface area contributed by atoms with Crippen molar-refractivity contribution in [2.24, 2.45) is 0 Å². The van der Waals surface area contributed by atoms with E-state index < -0.39 is 0 Å². The van der Waals surface area contributed by atoms with Crippen LogP contribution < -0.4 is 9.80 Å². The Hall–Kier alpha value is -1.49. The molecule has 124 valence electrons. The average Bonchev–Trinajstić information content (AvgIpc) is 3.06. The zero-order valence-corrected chi connectivity index (χ0v) is 15.6. The van der Waals surface area contributed by atoms with Gasteiger partial charge >= 0.3 is 0 Å². The molecule has 3 nitrogen and oxygen atoms in total. The minimum absolute atomic E-state index is 0.786. The molecule has 0 spiro atoms. The smallest absolute Gasteiger partial charge is 0.186 e. The maximum atomic E-state index is 6.33. The van der Waals surface area contributed by atoms with Gasteiger partial charge in [-0.05, 0) is 30.7 Å². The van der Waals surface area contributed by atoms with Crippen molar-refractivity contribution in [3.05, 3.63) is 52.0 Å². The van der Waals surface area contributed by atoms with Gasteiger partial charge in [-0.3, -0.25) is 0 Å². The highest BCUT2D eigenvalue weighted by atomic mass is 35.5. The first kappa shape index (κ1) is 16.0. The highest BCUT2D eigenvalue weighted by molar-refractivity contribution is 7.22. The Morgan fingerprint density at radius 3 is 2.33 bits per heavy atom. The fraction of sp³-hybridized carbons (Fsp3) is 0.278. The maximum absolute atomic E-state index is 6.33. The van der Waals surface area contributed by atoms with Crippen LogP contribution in [-0.4, -0.2) is 31.2 Å². The van der Waals surface area contributed by atoms with Crippen molar-refractivity contribution in [3.63, 3.8) is 0 Å². The highest BCUT2D eigenvalue weighted by Crippen LogP contribution is 2.36. The third-order valence-corrected chi connectivity index (χ3v) is 6.33. The van der Waals surface area contributed by atoms with Crippen LogP contribution in [0.2, 0.25) is 10.0 Å². The van der Waals surface area contributed by atoms with Gasteiger partial charge in [-0.25, -0.2) is 4.98 Å². The number of para-hydroxylation sites is 1. The molecule has 0 bridgehead atoms. The lowest BCUT2D eigenvalue weighted by molar-refractivity contribution is 0.652.